The second-order valence-corrected chi connectivity index (χ2v) is 11.6. The monoisotopic (exact) mass is 563 g/mol. The summed E-state index contributed by atoms with van der Waals surface area (Å²) in [5.74, 6) is 2.01. The topological polar surface area (TPSA) is 90.5 Å². The fourth-order valence-electron chi connectivity index (χ4n) is 5.46. The van der Waals surface area contributed by atoms with E-state index in [4.69, 9.17) is 5.10 Å². The highest BCUT2D eigenvalue weighted by atomic mass is 32.2. The van der Waals surface area contributed by atoms with Gasteiger partial charge in [0.05, 0.1) is 17.1 Å². The molecule has 1 fully saturated rings. The predicted octanol–water partition coefficient (Wildman–Crippen LogP) is 6.98. The largest absolute Gasteiger partial charge is 0.310 e. The normalized spacial score (nSPS) is 16.9. The Bertz CT molecular complexity index is 1610. The van der Waals surface area contributed by atoms with Crippen LogP contribution in [0.1, 0.15) is 44.2 Å². The molecule has 8 nitrogen and oxygen atoms in total. The van der Waals surface area contributed by atoms with Gasteiger partial charge in [0.25, 0.3) is 0 Å². The summed E-state index contributed by atoms with van der Waals surface area (Å²) in [6.07, 6.45) is 8.25. The fraction of sp³-hybridized carbons (Fsp3) is 0.281. The Kier molecular flexibility index (Phi) is 7.95. The number of carbonyl (C=O) groups excluding carboxylic acids is 1. The molecule has 3 heterocycles. The summed E-state index contributed by atoms with van der Waals surface area (Å²) in [7, 11) is 0. The first-order valence-corrected chi connectivity index (χ1v) is 15.1. The van der Waals surface area contributed by atoms with Crippen molar-refractivity contribution in [3.05, 3.63) is 90.8 Å². The van der Waals surface area contributed by atoms with Gasteiger partial charge in [-0.15, -0.1) is 10.2 Å². The number of aromatic nitrogens is 6. The van der Waals surface area contributed by atoms with Crippen LogP contribution in [0.15, 0.2) is 90.3 Å². The van der Waals surface area contributed by atoms with Gasteiger partial charge in [-0.1, -0.05) is 79.6 Å². The van der Waals surface area contributed by atoms with Crippen molar-refractivity contribution in [1.29, 1.82) is 0 Å². The fourth-order valence-corrected chi connectivity index (χ4v) is 6.25. The minimum Gasteiger partial charge on any atom is -0.310 e. The van der Waals surface area contributed by atoms with Gasteiger partial charge in [0.15, 0.2) is 11.0 Å². The van der Waals surface area contributed by atoms with Gasteiger partial charge in [-0.3, -0.25) is 14.3 Å². The van der Waals surface area contributed by atoms with Crippen molar-refractivity contribution >= 4 is 23.5 Å². The molecule has 2 aromatic carbocycles. The molecule has 9 heteroatoms. The van der Waals surface area contributed by atoms with Gasteiger partial charge < -0.3 is 5.32 Å². The number of benzene rings is 2. The molecule has 1 aliphatic carbocycles. The first-order chi connectivity index (χ1) is 20.1. The first kappa shape index (κ1) is 27.0. The van der Waals surface area contributed by atoms with Crippen molar-refractivity contribution in [2.24, 2.45) is 5.92 Å². The summed E-state index contributed by atoms with van der Waals surface area (Å²) in [6.45, 7) is 4.36. The molecule has 0 bridgehead atoms. The summed E-state index contributed by atoms with van der Waals surface area (Å²) < 4.78 is 4.02. The summed E-state index contributed by atoms with van der Waals surface area (Å²) in [6, 6.07) is 24.2. The summed E-state index contributed by atoms with van der Waals surface area (Å²) in [5, 5.41) is 17.8. The Hall–Kier alpha value is -4.24. The zero-order valence-corrected chi connectivity index (χ0v) is 24.1. The highest BCUT2D eigenvalue weighted by molar-refractivity contribution is 7.99. The van der Waals surface area contributed by atoms with Gasteiger partial charge in [-0.05, 0) is 49.9 Å². The molecule has 5 aromatic rings. The van der Waals surface area contributed by atoms with Crippen molar-refractivity contribution in [3.8, 4) is 28.3 Å². The highest BCUT2D eigenvalue weighted by Gasteiger charge is 2.29. The standard InChI is InChI=1S/C32H33N7OS/c1-22-14-16-24(17-15-22)27-19-29(39(37-27)26-11-4-3-5-12-26)34-30(40)21-41-32-36-35-31(25-10-8-18-33-20-25)38(32)28-13-7-6-9-23(28)2/h3-5,8,10-12,14-20,23,28H,6-7,9,13,21H2,1-2H3,(H,34,40)/t23-,28+/m0/s1. The van der Waals surface area contributed by atoms with E-state index >= 15 is 0 Å². The van der Waals surface area contributed by atoms with Crippen molar-refractivity contribution in [2.75, 3.05) is 11.1 Å². The number of thioether (sulfide) groups is 1. The molecule has 1 amide bonds. The third-order valence-electron chi connectivity index (χ3n) is 7.64. The molecule has 0 saturated heterocycles. The van der Waals surface area contributed by atoms with Crippen molar-refractivity contribution in [1.82, 2.24) is 29.5 Å². The number of amides is 1. The van der Waals surface area contributed by atoms with Crippen LogP contribution >= 0.6 is 11.8 Å². The Morgan fingerprint density at radius 3 is 2.54 bits per heavy atom. The minimum absolute atomic E-state index is 0.128. The average Bonchev–Trinajstić information content (AvgIpc) is 3.62. The Morgan fingerprint density at radius 2 is 1.78 bits per heavy atom. The number of pyridine rings is 1. The molecule has 0 spiro atoms. The second-order valence-electron chi connectivity index (χ2n) is 10.6. The molecule has 1 N–H and O–H groups in total. The molecule has 2 atom stereocenters. The summed E-state index contributed by atoms with van der Waals surface area (Å²) in [4.78, 5) is 17.6. The molecule has 6 rings (SSSR count). The van der Waals surface area contributed by atoms with E-state index in [2.05, 4.69) is 51.0 Å². The second kappa shape index (κ2) is 12.1. The molecule has 208 valence electrons. The van der Waals surface area contributed by atoms with Crippen LogP contribution in [0.4, 0.5) is 5.82 Å². The van der Waals surface area contributed by atoms with Crippen LogP contribution in [-0.4, -0.2) is 41.2 Å². The number of rotatable bonds is 8. The van der Waals surface area contributed by atoms with Crippen molar-refractivity contribution < 1.29 is 4.79 Å². The molecule has 0 radical (unpaired) electrons. The van der Waals surface area contributed by atoms with Gasteiger partial charge in [-0.25, -0.2) is 4.68 Å². The van der Waals surface area contributed by atoms with Crippen LogP contribution in [0.5, 0.6) is 0 Å². The van der Waals surface area contributed by atoms with E-state index in [9.17, 15) is 4.79 Å². The summed E-state index contributed by atoms with van der Waals surface area (Å²) in [5.41, 5.74) is 4.78. The number of hydrogen-bond acceptors (Lipinski definition) is 6. The Labute approximate surface area is 244 Å². The van der Waals surface area contributed by atoms with E-state index in [-0.39, 0.29) is 17.7 Å². The van der Waals surface area contributed by atoms with E-state index in [0.29, 0.717) is 11.7 Å². The zero-order valence-electron chi connectivity index (χ0n) is 23.3. The summed E-state index contributed by atoms with van der Waals surface area (Å²) >= 11 is 1.42. The molecule has 1 saturated carbocycles. The lowest BCUT2D eigenvalue weighted by Gasteiger charge is -2.31. The molecular weight excluding hydrogens is 530 g/mol. The maximum Gasteiger partial charge on any atom is 0.236 e. The number of hydrogen-bond donors (Lipinski definition) is 1. The lowest BCUT2D eigenvalue weighted by Crippen LogP contribution is -2.23. The number of aryl methyl sites for hydroxylation is 1. The third-order valence-corrected chi connectivity index (χ3v) is 8.58. The van der Waals surface area contributed by atoms with Gasteiger partial charge in [0.2, 0.25) is 5.91 Å². The van der Waals surface area contributed by atoms with Crippen LogP contribution in [0, 0.1) is 12.8 Å². The Morgan fingerprint density at radius 1 is 0.976 bits per heavy atom. The number of para-hydroxylation sites is 1. The Balaban J connectivity index is 1.25. The smallest absolute Gasteiger partial charge is 0.236 e. The predicted molar refractivity (Wildman–Crippen MR) is 163 cm³/mol. The molecule has 0 unspecified atom stereocenters. The number of carbonyl (C=O) groups is 1. The molecule has 41 heavy (non-hydrogen) atoms. The van der Waals surface area contributed by atoms with E-state index in [1.165, 1.54) is 36.6 Å². The van der Waals surface area contributed by atoms with Crippen molar-refractivity contribution in [2.45, 2.75) is 50.7 Å². The van der Waals surface area contributed by atoms with E-state index in [1.54, 1.807) is 10.9 Å². The lowest BCUT2D eigenvalue weighted by atomic mass is 9.85. The van der Waals surface area contributed by atoms with Crippen LogP contribution in [0.3, 0.4) is 0 Å². The zero-order chi connectivity index (χ0) is 28.2. The molecule has 3 aromatic heterocycles. The van der Waals surface area contributed by atoms with Gasteiger partial charge in [0.1, 0.15) is 5.82 Å². The number of nitrogens with zero attached hydrogens (tertiary/aromatic N) is 6. The van der Waals surface area contributed by atoms with Crippen LogP contribution in [0.25, 0.3) is 28.3 Å². The van der Waals surface area contributed by atoms with E-state index < -0.39 is 0 Å². The van der Waals surface area contributed by atoms with E-state index in [0.717, 1.165) is 39.9 Å². The van der Waals surface area contributed by atoms with Crippen LogP contribution < -0.4 is 5.32 Å². The number of anilines is 1. The van der Waals surface area contributed by atoms with Crippen LogP contribution in [0.2, 0.25) is 0 Å². The molecule has 0 aliphatic heterocycles. The highest BCUT2D eigenvalue weighted by Crippen LogP contribution is 2.39. The van der Waals surface area contributed by atoms with Crippen molar-refractivity contribution in [3.63, 3.8) is 0 Å². The first-order valence-electron chi connectivity index (χ1n) is 14.1. The third kappa shape index (κ3) is 5.95. The average molecular weight is 564 g/mol. The molecular formula is C32H33N7OS. The maximum atomic E-state index is 13.3. The van der Waals surface area contributed by atoms with Crippen LogP contribution in [-0.2, 0) is 4.79 Å². The number of nitrogens with one attached hydrogen (secondary N) is 1. The van der Waals surface area contributed by atoms with E-state index in [1.807, 2.05) is 66.9 Å². The quantitative estimate of drug-likeness (QED) is 0.205. The van der Waals surface area contributed by atoms with Gasteiger partial charge >= 0.3 is 0 Å². The SMILES string of the molecule is Cc1ccc(-c2cc(NC(=O)CSc3nnc(-c4cccnc4)n3[C@@H]3CCCC[C@@H]3C)n(-c3ccccc3)n2)cc1. The van der Waals surface area contributed by atoms with Gasteiger partial charge in [0, 0.05) is 35.6 Å². The molecule has 1 aliphatic rings. The lowest BCUT2D eigenvalue weighted by molar-refractivity contribution is -0.113. The minimum atomic E-state index is -0.128. The van der Waals surface area contributed by atoms with Gasteiger partial charge in [-0.2, -0.15) is 5.10 Å². The maximum absolute atomic E-state index is 13.3.